The van der Waals surface area contributed by atoms with E-state index in [9.17, 15) is 13.9 Å². The number of nitrogens with one attached hydrogen (secondary N) is 1. The van der Waals surface area contributed by atoms with Gasteiger partial charge in [0.25, 0.3) is 0 Å². The first-order chi connectivity index (χ1) is 14.4. The Balaban J connectivity index is 2.11. The van der Waals surface area contributed by atoms with Crippen molar-refractivity contribution >= 4 is 28.5 Å². The van der Waals surface area contributed by atoms with Crippen LogP contribution in [-0.2, 0) is 0 Å². The maximum atomic E-state index is 14.7. The van der Waals surface area contributed by atoms with Crippen LogP contribution in [0.15, 0.2) is 54.7 Å². The highest BCUT2D eigenvalue weighted by atomic mass is 35.5. The molecule has 0 saturated heterocycles. The van der Waals surface area contributed by atoms with E-state index in [0.29, 0.717) is 27.5 Å². The fourth-order valence-electron chi connectivity index (χ4n) is 3.35. The van der Waals surface area contributed by atoms with Crippen LogP contribution in [0.2, 0.25) is 5.02 Å². The summed E-state index contributed by atoms with van der Waals surface area (Å²) in [6.07, 6.45) is 1.55. The van der Waals surface area contributed by atoms with Gasteiger partial charge in [0.05, 0.1) is 16.6 Å². The molecule has 0 amide bonds. The molecule has 0 radical (unpaired) electrons. The fourth-order valence-corrected chi connectivity index (χ4v) is 3.59. The van der Waals surface area contributed by atoms with E-state index in [4.69, 9.17) is 11.6 Å². The summed E-state index contributed by atoms with van der Waals surface area (Å²) >= 11 is 6.32. The van der Waals surface area contributed by atoms with Crippen molar-refractivity contribution in [2.24, 2.45) is 0 Å². The van der Waals surface area contributed by atoms with Gasteiger partial charge in [-0.25, -0.2) is 18.7 Å². The molecule has 0 aliphatic heterocycles. The van der Waals surface area contributed by atoms with E-state index in [0.717, 1.165) is 12.1 Å². The van der Waals surface area contributed by atoms with Gasteiger partial charge >= 0.3 is 0 Å². The van der Waals surface area contributed by atoms with Crippen LogP contribution in [0, 0.1) is 11.6 Å². The van der Waals surface area contributed by atoms with Crippen molar-refractivity contribution < 1.29 is 13.9 Å². The standard InChI is InChI=1S/C23H18ClF2N3O/c1-12(2)28-23-27-11-13-10-15(14-6-3-4-7-16(14)24)22(30)20(21(13)29-23)19-17(25)8-5-9-18(19)26/h3-12,30H,1-2H3,(H,27,28,29). The Morgan fingerprint density at radius 3 is 2.33 bits per heavy atom. The monoisotopic (exact) mass is 425 g/mol. The Hall–Kier alpha value is -3.25. The molecule has 1 heterocycles. The van der Waals surface area contributed by atoms with E-state index in [1.807, 2.05) is 13.8 Å². The zero-order chi connectivity index (χ0) is 21.4. The lowest BCUT2D eigenvalue weighted by Gasteiger charge is -2.16. The van der Waals surface area contributed by atoms with Crippen LogP contribution in [0.5, 0.6) is 5.75 Å². The lowest BCUT2D eigenvalue weighted by Crippen LogP contribution is -2.12. The second-order valence-electron chi connectivity index (χ2n) is 7.15. The number of benzene rings is 3. The molecule has 0 atom stereocenters. The molecule has 0 aliphatic carbocycles. The molecular formula is C23H18ClF2N3O. The molecule has 4 rings (SSSR count). The SMILES string of the molecule is CC(C)Nc1ncc2cc(-c3ccccc3Cl)c(O)c(-c3c(F)cccc3F)c2n1. The summed E-state index contributed by atoms with van der Waals surface area (Å²) in [6, 6.07) is 12.2. The van der Waals surface area contributed by atoms with Gasteiger partial charge in [-0.2, -0.15) is 0 Å². The van der Waals surface area contributed by atoms with Crippen molar-refractivity contribution in [3.05, 3.63) is 71.4 Å². The van der Waals surface area contributed by atoms with Crippen molar-refractivity contribution in [3.63, 3.8) is 0 Å². The van der Waals surface area contributed by atoms with Gasteiger partial charge in [0.1, 0.15) is 17.4 Å². The molecule has 3 aromatic carbocycles. The molecule has 0 bridgehead atoms. The fraction of sp³-hybridized carbons (Fsp3) is 0.130. The number of hydrogen-bond acceptors (Lipinski definition) is 4. The smallest absolute Gasteiger partial charge is 0.223 e. The molecule has 4 nitrogen and oxygen atoms in total. The first-order valence-corrected chi connectivity index (χ1v) is 9.73. The van der Waals surface area contributed by atoms with E-state index >= 15 is 0 Å². The van der Waals surface area contributed by atoms with E-state index in [-0.39, 0.29) is 28.4 Å². The number of hydrogen-bond donors (Lipinski definition) is 2. The Morgan fingerprint density at radius 2 is 1.67 bits per heavy atom. The summed E-state index contributed by atoms with van der Waals surface area (Å²) in [5, 5.41) is 15.1. The Bertz CT molecular complexity index is 1240. The highest BCUT2D eigenvalue weighted by Crippen LogP contribution is 2.45. The molecule has 4 aromatic rings. The number of aromatic nitrogens is 2. The molecule has 0 saturated carbocycles. The minimum Gasteiger partial charge on any atom is -0.507 e. The Labute approximate surface area is 177 Å². The summed E-state index contributed by atoms with van der Waals surface area (Å²) in [6.45, 7) is 3.84. The van der Waals surface area contributed by atoms with Crippen LogP contribution in [0.4, 0.5) is 14.7 Å². The summed E-state index contributed by atoms with van der Waals surface area (Å²) < 4.78 is 29.5. The predicted molar refractivity (Wildman–Crippen MR) is 116 cm³/mol. The van der Waals surface area contributed by atoms with Gasteiger partial charge in [-0.05, 0) is 38.1 Å². The number of rotatable bonds is 4. The zero-order valence-electron chi connectivity index (χ0n) is 16.2. The Kier molecular flexibility index (Phi) is 5.26. The number of fused-ring (bicyclic) bond motifs is 1. The lowest BCUT2D eigenvalue weighted by molar-refractivity contribution is 0.478. The second kappa shape index (κ2) is 7.88. The van der Waals surface area contributed by atoms with Crippen molar-refractivity contribution in [1.29, 1.82) is 0 Å². The highest BCUT2D eigenvalue weighted by molar-refractivity contribution is 6.33. The maximum Gasteiger partial charge on any atom is 0.223 e. The van der Waals surface area contributed by atoms with Gasteiger partial charge in [-0.3, -0.25) is 0 Å². The van der Waals surface area contributed by atoms with Crippen molar-refractivity contribution in [2.45, 2.75) is 19.9 Å². The molecule has 152 valence electrons. The third-order valence-electron chi connectivity index (χ3n) is 4.64. The number of nitrogens with zero attached hydrogens (tertiary/aromatic N) is 2. The van der Waals surface area contributed by atoms with E-state index in [2.05, 4.69) is 15.3 Å². The van der Waals surface area contributed by atoms with Crippen LogP contribution in [0.3, 0.4) is 0 Å². The highest BCUT2D eigenvalue weighted by Gasteiger charge is 2.23. The molecule has 0 spiro atoms. The quantitative estimate of drug-likeness (QED) is 0.396. The summed E-state index contributed by atoms with van der Waals surface area (Å²) in [5.41, 5.74) is 0.681. The largest absolute Gasteiger partial charge is 0.507 e. The van der Waals surface area contributed by atoms with Gasteiger partial charge in [0.15, 0.2) is 0 Å². The third kappa shape index (κ3) is 3.55. The van der Waals surface area contributed by atoms with E-state index < -0.39 is 11.6 Å². The van der Waals surface area contributed by atoms with Gasteiger partial charge in [0, 0.05) is 33.8 Å². The van der Waals surface area contributed by atoms with Gasteiger partial charge in [-0.15, -0.1) is 0 Å². The summed E-state index contributed by atoms with van der Waals surface area (Å²) in [7, 11) is 0. The summed E-state index contributed by atoms with van der Waals surface area (Å²) in [4.78, 5) is 8.73. The number of phenolic OH excluding ortho intramolecular Hbond substituents is 1. The number of halogens is 3. The minimum atomic E-state index is -0.806. The van der Waals surface area contributed by atoms with Crippen molar-refractivity contribution in [1.82, 2.24) is 9.97 Å². The maximum absolute atomic E-state index is 14.7. The van der Waals surface area contributed by atoms with Crippen molar-refractivity contribution in [2.75, 3.05) is 5.32 Å². The molecule has 7 heteroatoms. The second-order valence-corrected chi connectivity index (χ2v) is 7.56. The van der Waals surface area contributed by atoms with Crippen LogP contribution in [0.1, 0.15) is 13.8 Å². The van der Waals surface area contributed by atoms with Crippen LogP contribution < -0.4 is 5.32 Å². The first kappa shape index (κ1) is 20.0. The van der Waals surface area contributed by atoms with Gasteiger partial charge in [-0.1, -0.05) is 35.9 Å². The molecule has 0 unspecified atom stereocenters. The molecule has 2 N–H and O–H groups in total. The van der Waals surface area contributed by atoms with Crippen molar-refractivity contribution in [3.8, 4) is 28.0 Å². The Morgan fingerprint density at radius 1 is 0.967 bits per heavy atom. The topological polar surface area (TPSA) is 58.0 Å². The van der Waals surface area contributed by atoms with Crippen LogP contribution in [-0.4, -0.2) is 21.1 Å². The average Bonchev–Trinajstić information content (AvgIpc) is 2.69. The number of phenols is 1. The molecule has 30 heavy (non-hydrogen) atoms. The normalized spacial score (nSPS) is 11.3. The zero-order valence-corrected chi connectivity index (χ0v) is 17.0. The van der Waals surface area contributed by atoms with Crippen LogP contribution >= 0.6 is 11.6 Å². The van der Waals surface area contributed by atoms with E-state index in [1.54, 1.807) is 36.5 Å². The molecule has 0 fully saturated rings. The minimum absolute atomic E-state index is 0.0482. The molecule has 0 aliphatic rings. The van der Waals surface area contributed by atoms with Gasteiger partial charge < -0.3 is 10.4 Å². The average molecular weight is 426 g/mol. The van der Waals surface area contributed by atoms with Crippen LogP contribution in [0.25, 0.3) is 33.2 Å². The lowest BCUT2D eigenvalue weighted by atomic mass is 9.94. The van der Waals surface area contributed by atoms with Gasteiger partial charge in [0.2, 0.25) is 5.95 Å². The molecular weight excluding hydrogens is 408 g/mol. The first-order valence-electron chi connectivity index (χ1n) is 9.35. The summed E-state index contributed by atoms with van der Waals surface area (Å²) in [5.74, 6) is -1.63. The molecule has 1 aromatic heterocycles. The van der Waals surface area contributed by atoms with E-state index in [1.165, 1.54) is 6.07 Å². The third-order valence-corrected chi connectivity index (χ3v) is 4.97. The predicted octanol–water partition coefficient (Wildman–Crippen LogP) is 6.42. The number of anilines is 1. The number of aromatic hydroxyl groups is 1.